The minimum atomic E-state index is 0.506. The lowest BCUT2D eigenvalue weighted by Crippen LogP contribution is -2.00. The molecule has 0 amide bonds. The first kappa shape index (κ1) is 10.2. The van der Waals surface area contributed by atoms with E-state index >= 15 is 0 Å². The molecule has 3 nitrogen and oxygen atoms in total. The fraction of sp³-hybridized carbons (Fsp3) is 0.143. The van der Waals surface area contributed by atoms with Gasteiger partial charge in [-0.05, 0) is 39.6 Å². The maximum atomic E-state index is 10.7. The molecule has 0 aromatic heterocycles. The van der Waals surface area contributed by atoms with Gasteiger partial charge in [0.2, 0.25) is 0 Å². The van der Waals surface area contributed by atoms with E-state index < -0.39 is 0 Å². The lowest BCUT2D eigenvalue weighted by Gasteiger charge is -2.08. The van der Waals surface area contributed by atoms with Crippen molar-refractivity contribution in [2.24, 2.45) is 5.18 Å². The molecule has 1 heterocycles. The number of hydrogen-bond acceptors (Lipinski definition) is 3. The highest BCUT2D eigenvalue weighted by molar-refractivity contribution is 5.73. The van der Waals surface area contributed by atoms with Gasteiger partial charge in [0.25, 0.3) is 0 Å². The molecule has 0 aliphatic carbocycles. The highest BCUT2D eigenvalue weighted by Crippen LogP contribution is 2.33. The summed E-state index contributed by atoms with van der Waals surface area (Å²) in [5.41, 5.74) is 5.22. The zero-order valence-electron chi connectivity index (χ0n) is 9.31. The first-order valence-electron chi connectivity index (χ1n) is 5.64. The number of fused-ring (bicyclic) bond motifs is 1. The zero-order valence-corrected chi connectivity index (χ0v) is 9.31. The van der Waals surface area contributed by atoms with Gasteiger partial charge in [0.05, 0.1) is 0 Å². The maximum Gasteiger partial charge on any atom is 0.108 e. The maximum absolute atomic E-state index is 10.7. The predicted molar refractivity (Wildman–Crippen MR) is 67.9 cm³/mol. The molecule has 0 spiro atoms. The molecule has 2 aromatic carbocycles. The van der Waals surface area contributed by atoms with E-state index in [2.05, 4.69) is 22.6 Å². The second kappa shape index (κ2) is 4.11. The molecule has 0 fully saturated rings. The van der Waals surface area contributed by atoms with Gasteiger partial charge in [-0.2, -0.15) is 0 Å². The fourth-order valence-corrected chi connectivity index (χ4v) is 2.33. The molecule has 1 N–H and O–H groups in total. The minimum absolute atomic E-state index is 0.506. The number of benzene rings is 2. The van der Waals surface area contributed by atoms with Crippen LogP contribution in [0.5, 0.6) is 0 Å². The Morgan fingerprint density at radius 3 is 2.65 bits per heavy atom. The van der Waals surface area contributed by atoms with E-state index in [-0.39, 0.29) is 0 Å². The van der Waals surface area contributed by atoms with Crippen molar-refractivity contribution in [3.8, 4) is 11.1 Å². The van der Waals surface area contributed by atoms with Crippen molar-refractivity contribution in [1.82, 2.24) is 5.32 Å². The standard InChI is InChI=1S/C14H12N2O/c17-16-12-6-11-8-15-9-14(11)13(7-12)10-4-2-1-3-5-10/h1-7,15H,8-9H2. The van der Waals surface area contributed by atoms with Crippen molar-refractivity contribution in [3.05, 3.63) is 58.5 Å². The van der Waals surface area contributed by atoms with Gasteiger partial charge in [-0.15, -0.1) is 4.91 Å². The van der Waals surface area contributed by atoms with Gasteiger partial charge < -0.3 is 5.32 Å². The van der Waals surface area contributed by atoms with Crippen LogP contribution in [0.4, 0.5) is 5.69 Å². The van der Waals surface area contributed by atoms with Crippen molar-refractivity contribution in [2.45, 2.75) is 13.1 Å². The molecular formula is C14H12N2O. The van der Waals surface area contributed by atoms with Gasteiger partial charge in [-0.3, -0.25) is 0 Å². The number of nitroso groups, excluding NO2 is 1. The van der Waals surface area contributed by atoms with E-state index in [4.69, 9.17) is 0 Å². The van der Waals surface area contributed by atoms with Crippen LogP contribution in [0.3, 0.4) is 0 Å². The first-order valence-corrected chi connectivity index (χ1v) is 5.64. The van der Waals surface area contributed by atoms with Crippen LogP contribution in [0.1, 0.15) is 11.1 Å². The summed E-state index contributed by atoms with van der Waals surface area (Å²) in [6, 6.07) is 13.9. The van der Waals surface area contributed by atoms with Crippen LogP contribution in [0, 0.1) is 4.91 Å². The van der Waals surface area contributed by atoms with Crippen molar-refractivity contribution in [3.63, 3.8) is 0 Å². The molecule has 3 heteroatoms. The molecule has 0 atom stereocenters. The summed E-state index contributed by atoms with van der Waals surface area (Å²) in [5, 5.41) is 6.36. The van der Waals surface area contributed by atoms with Crippen LogP contribution >= 0.6 is 0 Å². The summed E-state index contributed by atoms with van der Waals surface area (Å²) in [7, 11) is 0. The van der Waals surface area contributed by atoms with Gasteiger partial charge in [-0.25, -0.2) is 0 Å². The third kappa shape index (κ3) is 1.74. The molecule has 1 aliphatic heterocycles. The van der Waals surface area contributed by atoms with Gasteiger partial charge >= 0.3 is 0 Å². The third-order valence-corrected chi connectivity index (χ3v) is 3.13. The molecule has 0 radical (unpaired) electrons. The van der Waals surface area contributed by atoms with E-state index in [0.29, 0.717) is 5.69 Å². The Bertz CT molecular complexity index is 564. The van der Waals surface area contributed by atoms with Gasteiger partial charge in [0.1, 0.15) is 5.69 Å². The van der Waals surface area contributed by atoms with Crippen LogP contribution in [0.15, 0.2) is 47.6 Å². The Balaban J connectivity index is 2.22. The SMILES string of the molecule is O=Nc1cc2c(c(-c3ccccc3)c1)CNC2. The minimum Gasteiger partial charge on any atom is -0.309 e. The van der Waals surface area contributed by atoms with Crippen LogP contribution in [-0.2, 0) is 13.1 Å². The summed E-state index contributed by atoms with van der Waals surface area (Å²) in [6.07, 6.45) is 0. The van der Waals surface area contributed by atoms with Crippen LogP contribution in [0.2, 0.25) is 0 Å². The molecule has 84 valence electrons. The molecule has 0 saturated carbocycles. The summed E-state index contributed by atoms with van der Waals surface area (Å²) in [6.45, 7) is 1.68. The molecule has 1 aliphatic rings. The Morgan fingerprint density at radius 2 is 1.88 bits per heavy atom. The Morgan fingerprint density at radius 1 is 1.06 bits per heavy atom. The number of hydrogen-bond donors (Lipinski definition) is 1. The summed E-state index contributed by atoms with van der Waals surface area (Å²) in [5.74, 6) is 0. The zero-order chi connectivity index (χ0) is 11.7. The number of nitrogens with one attached hydrogen (secondary N) is 1. The average Bonchev–Trinajstić information content (AvgIpc) is 2.86. The highest BCUT2D eigenvalue weighted by atomic mass is 16.3. The largest absolute Gasteiger partial charge is 0.309 e. The van der Waals surface area contributed by atoms with Crippen LogP contribution in [0.25, 0.3) is 11.1 Å². The Labute approximate surface area is 99.5 Å². The molecular weight excluding hydrogens is 212 g/mol. The molecule has 17 heavy (non-hydrogen) atoms. The third-order valence-electron chi connectivity index (χ3n) is 3.13. The quantitative estimate of drug-likeness (QED) is 0.795. The first-order chi connectivity index (χ1) is 8.38. The lowest BCUT2D eigenvalue weighted by atomic mass is 9.96. The normalized spacial score (nSPS) is 13.4. The second-order valence-electron chi connectivity index (χ2n) is 4.19. The molecule has 3 rings (SSSR count). The molecule has 2 aromatic rings. The van der Waals surface area contributed by atoms with E-state index in [9.17, 15) is 4.91 Å². The van der Waals surface area contributed by atoms with E-state index in [1.54, 1.807) is 0 Å². The monoisotopic (exact) mass is 224 g/mol. The van der Waals surface area contributed by atoms with Crippen LogP contribution < -0.4 is 5.32 Å². The average molecular weight is 224 g/mol. The molecule has 0 bridgehead atoms. The van der Waals surface area contributed by atoms with Crippen molar-refractivity contribution >= 4 is 5.69 Å². The Kier molecular flexibility index (Phi) is 2.46. The smallest absolute Gasteiger partial charge is 0.108 e. The summed E-state index contributed by atoms with van der Waals surface area (Å²) in [4.78, 5) is 10.7. The highest BCUT2D eigenvalue weighted by Gasteiger charge is 2.16. The Hall–Kier alpha value is -2.00. The van der Waals surface area contributed by atoms with Crippen LogP contribution in [-0.4, -0.2) is 0 Å². The number of rotatable bonds is 2. The molecule has 0 saturated heterocycles. The van der Waals surface area contributed by atoms with E-state index in [0.717, 1.165) is 24.2 Å². The predicted octanol–water partition coefficient (Wildman–Crippen LogP) is 3.35. The second-order valence-corrected chi connectivity index (χ2v) is 4.19. The number of nitrogens with zero attached hydrogens (tertiary/aromatic N) is 1. The summed E-state index contributed by atoms with van der Waals surface area (Å²) < 4.78 is 0. The van der Waals surface area contributed by atoms with Crippen molar-refractivity contribution in [1.29, 1.82) is 0 Å². The van der Waals surface area contributed by atoms with E-state index in [1.165, 1.54) is 11.1 Å². The topological polar surface area (TPSA) is 41.5 Å². The van der Waals surface area contributed by atoms with Gasteiger partial charge in [0, 0.05) is 13.1 Å². The van der Waals surface area contributed by atoms with E-state index in [1.807, 2.05) is 30.3 Å². The molecule has 0 unspecified atom stereocenters. The fourth-order valence-electron chi connectivity index (χ4n) is 2.33. The van der Waals surface area contributed by atoms with Gasteiger partial charge in [-0.1, -0.05) is 30.3 Å². The van der Waals surface area contributed by atoms with Crippen molar-refractivity contribution in [2.75, 3.05) is 0 Å². The lowest BCUT2D eigenvalue weighted by molar-refractivity contribution is 0.765. The summed E-state index contributed by atoms with van der Waals surface area (Å²) >= 11 is 0. The van der Waals surface area contributed by atoms with Crippen molar-refractivity contribution < 1.29 is 0 Å². The van der Waals surface area contributed by atoms with Gasteiger partial charge in [0.15, 0.2) is 0 Å².